The maximum Gasteiger partial charge on any atom is 0.0561 e. The van der Waals surface area contributed by atoms with Crippen LogP contribution in [0.2, 0.25) is 0 Å². The van der Waals surface area contributed by atoms with Crippen LogP contribution < -0.4 is 11.3 Å². The fraction of sp³-hybridized carbons (Fsp3) is 0.571. The molecular formula is C14H24N2O. The van der Waals surface area contributed by atoms with Gasteiger partial charge >= 0.3 is 0 Å². The second-order valence-electron chi connectivity index (χ2n) is 4.79. The van der Waals surface area contributed by atoms with Crippen molar-refractivity contribution in [3.63, 3.8) is 0 Å². The fourth-order valence-corrected chi connectivity index (χ4v) is 2.07. The van der Waals surface area contributed by atoms with Gasteiger partial charge in [0.25, 0.3) is 0 Å². The first-order valence-corrected chi connectivity index (χ1v) is 6.06. The largest absolute Gasteiger partial charge is 0.382 e. The Morgan fingerprint density at radius 1 is 1.18 bits per heavy atom. The van der Waals surface area contributed by atoms with Gasteiger partial charge in [-0.2, -0.15) is 0 Å². The number of rotatable bonds is 5. The smallest absolute Gasteiger partial charge is 0.0561 e. The van der Waals surface area contributed by atoms with Crippen LogP contribution in [0.5, 0.6) is 0 Å². The minimum atomic E-state index is 0.143. The van der Waals surface area contributed by atoms with E-state index in [-0.39, 0.29) is 12.1 Å². The molecular weight excluding hydrogens is 212 g/mol. The second kappa shape index (κ2) is 6.15. The van der Waals surface area contributed by atoms with Gasteiger partial charge in [-0.1, -0.05) is 12.1 Å². The maximum atomic E-state index is 5.66. The Bertz CT molecular complexity index is 377. The number of hydrogen-bond donors (Lipinski definition) is 2. The van der Waals surface area contributed by atoms with E-state index in [1.54, 1.807) is 7.11 Å². The van der Waals surface area contributed by atoms with Gasteiger partial charge in [-0.25, -0.2) is 0 Å². The van der Waals surface area contributed by atoms with E-state index in [0.717, 1.165) is 6.42 Å². The molecule has 0 heterocycles. The standard InChI is InChI=1S/C14H24N2O/c1-9-6-11(3)13(7-10(9)2)14(16-15)8-12(4)17-5/h6-7,12,14,16H,8,15H2,1-5H3. The van der Waals surface area contributed by atoms with Crippen LogP contribution in [-0.4, -0.2) is 13.2 Å². The summed E-state index contributed by atoms with van der Waals surface area (Å²) in [5.41, 5.74) is 8.05. The van der Waals surface area contributed by atoms with E-state index >= 15 is 0 Å². The Labute approximate surface area is 104 Å². The number of methoxy groups -OCH3 is 1. The van der Waals surface area contributed by atoms with Crippen LogP contribution in [0.1, 0.15) is 41.6 Å². The van der Waals surface area contributed by atoms with Crippen molar-refractivity contribution < 1.29 is 4.74 Å². The number of benzene rings is 1. The monoisotopic (exact) mass is 236 g/mol. The molecule has 3 nitrogen and oxygen atoms in total. The predicted molar refractivity (Wildman–Crippen MR) is 71.8 cm³/mol. The zero-order valence-corrected chi connectivity index (χ0v) is 11.5. The summed E-state index contributed by atoms with van der Waals surface area (Å²) in [6.07, 6.45) is 1.06. The quantitative estimate of drug-likeness (QED) is 0.610. The Morgan fingerprint density at radius 3 is 2.29 bits per heavy atom. The number of ether oxygens (including phenoxy) is 1. The van der Waals surface area contributed by atoms with Crippen LogP contribution >= 0.6 is 0 Å². The summed E-state index contributed by atoms with van der Waals surface area (Å²) < 4.78 is 5.30. The first-order chi connectivity index (χ1) is 7.99. The summed E-state index contributed by atoms with van der Waals surface area (Å²) in [6.45, 7) is 8.45. The summed E-state index contributed by atoms with van der Waals surface area (Å²) in [5.74, 6) is 5.66. The van der Waals surface area contributed by atoms with Crippen LogP contribution in [0.4, 0.5) is 0 Å². The second-order valence-corrected chi connectivity index (χ2v) is 4.79. The minimum Gasteiger partial charge on any atom is -0.382 e. The first-order valence-electron chi connectivity index (χ1n) is 6.06. The van der Waals surface area contributed by atoms with Gasteiger partial charge in [-0.3, -0.25) is 11.3 Å². The van der Waals surface area contributed by atoms with E-state index in [0.29, 0.717) is 0 Å². The van der Waals surface area contributed by atoms with E-state index in [1.165, 1.54) is 22.3 Å². The molecule has 1 rings (SSSR count). The van der Waals surface area contributed by atoms with Crippen molar-refractivity contribution in [3.05, 3.63) is 34.4 Å². The normalized spacial score (nSPS) is 14.7. The molecule has 17 heavy (non-hydrogen) atoms. The van der Waals surface area contributed by atoms with Crippen molar-refractivity contribution in [3.8, 4) is 0 Å². The zero-order valence-electron chi connectivity index (χ0n) is 11.5. The van der Waals surface area contributed by atoms with Gasteiger partial charge in [-0.15, -0.1) is 0 Å². The summed E-state index contributed by atoms with van der Waals surface area (Å²) in [6, 6.07) is 4.58. The Morgan fingerprint density at radius 2 is 1.76 bits per heavy atom. The third-order valence-electron chi connectivity index (χ3n) is 3.43. The highest BCUT2D eigenvalue weighted by Gasteiger charge is 2.16. The molecule has 0 fully saturated rings. The van der Waals surface area contributed by atoms with Gasteiger partial charge in [0.15, 0.2) is 0 Å². The molecule has 3 N–H and O–H groups in total. The number of aryl methyl sites for hydroxylation is 3. The van der Waals surface area contributed by atoms with E-state index in [1.807, 2.05) is 0 Å². The lowest BCUT2D eigenvalue weighted by Crippen LogP contribution is -2.31. The van der Waals surface area contributed by atoms with Crippen LogP contribution in [0.3, 0.4) is 0 Å². The number of hydrazine groups is 1. The van der Waals surface area contributed by atoms with Crippen LogP contribution in [0.15, 0.2) is 12.1 Å². The van der Waals surface area contributed by atoms with E-state index in [4.69, 9.17) is 10.6 Å². The average molecular weight is 236 g/mol. The number of nitrogens with one attached hydrogen (secondary N) is 1. The molecule has 0 spiro atoms. The Kier molecular flexibility index (Phi) is 5.12. The van der Waals surface area contributed by atoms with Crippen LogP contribution in [-0.2, 0) is 4.74 Å². The van der Waals surface area contributed by atoms with Crippen LogP contribution in [0, 0.1) is 20.8 Å². The highest BCUT2D eigenvalue weighted by molar-refractivity contribution is 5.38. The Hall–Kier alpha value is -0.900. The van der Waals surface area contributed by atoms with Crippen LogP contribution in [0.25, 0.3) is 0 Å². The zero-order chi connectivity index (χ0) is 13.0. The molecule has 0 saturated heterocycles. The lowest BCUT2D eigenvalue weighted by molar-refractivity contribution is 0.100. The fourth-order valence-electron chi connectivity index (χ4n) is 2.07. The minimum absolute atomic E-state index is 0.143. The molecule has 0 amide bonds. The third kappa shape index (κ3) is 3.53. The van der Waals surface area contributed by atoms with Gasteiger partial charge in [0.2, 0.25) is 0 Å². The van der Waals surface area contributed by atoms with Gasteiger partial charge < -0.3 is 4.74 Å². The molecule has 2 unspecified atom stereocenters. The molecule has 2 atom stereocenters. The molecule has 0 aliphatic rings. The van der Waals surface area contributed by atoms with Crippen molar-refractivity contribution in [2.24, 2.45) is 5.84 Å². The molecule has 96 valence electrons. The lowest BCUT2D eigenvalue weighted by Gasteiger charge is -2.22. The average Bonchev–Trinajstić information content (AvgIpc) is 2.30. The molecule has 0 bridgehead atoms. The summed E-state index contributed by atoms with van der Waals surface area (Å²) in [5, 5.41) is 0. The summed E-state index contributed by atoms with van der Waals surface area (Å²) in [7, 11) is 1.73. The molecule has 0 aliphatic carbocycles. The topological polar surface area (TPSA) is 47.3 Å². The first kappa shape index (κ1) is 14.2. The van der Waals surface area contributed by atoms with E-state index < -0.39 is 0 Å². The highest BCUT2D eigenvalue weighted by atomic mass is 16.5. The summed E-state index contributed by atoms with van der Waals surface area (Å²) in [4.78, 5) is 0. The molecule has 1 aromatic carbocycles. The van der Waals surface area contributed by atoms with Gasteiger partial charge in [0, 0.05) is 13.2 Å². The Balaban J connectivity index is 2.99. The van der Waals surface area contributed by atoms with Gasteiger partial charge in [0.1, 0.15) is 0 Å². The molecule has 1 aromatic rings. The van der Waals surface area contributed by atoms with Crippen molar-refractivity contribution >= 4 is 0 Å². The molecule has 0 saturated carbocycles. The lowest BCUT2D eigenvalue weighted by atomic mass is 9.93. The molecule has 0 aliphatic heterocycles. The van der Waals surface area contributed by atoms with Gasteiger partial charge in [0.05, 0.1) is 6.10 Å². The third-order valence-corrected chi connectivity index (χ3v) is 3.43. The van der Waals surface area contributed by atoms with Crippen molar-refractivity contribution in [1.82, 2.24) is 5.43 Å². The van der Waals surface area contributed by atoms with Gasteiger partial charge in [-0.05, 0) is 56.4 Å². The molecule has 3 heteroatoms. The number of nitrogens with two attached hydrogens (primary N) is 1. The predicted octanol–water partition coefficient (Wildman–Crippen LogP) is 2.54. The highest BCUT2D eigenvalue weighted by Crippen LogP contribution is 2.25. The SMILES string of the molecule is COC(C)CC(NN)c1cc(C)c(C)cc1C. The molecule has 0 aromatic heterocycles. The van der Waals surface area contributed by atoms with E-state index in [2.05, 4.69) is 45.3 Å². The van der Waals surface area contributed by atoms with E-state index in [9.17, 15) is 0 Å². The number of hydrogen-bond acceptors (Lipinski definition) is 3. The summed E-state index contributed by atoms with van der Waals surface area (Å²) >= 11 is 0. The van der Waals surface area contributed by atoms with Crippen molar-refractivity contribution in [2.75, 3.05) is 7.11 Å². The van der Waals surface area contributed by atoms with Crippen molar-refractivity contribution in [1.29, 1.82) is 0 Å². The van der Waals surface area contributed by atoms with Crippen molar-refractivity contribution in [2.45, 2.75) is 46.3 Å². The maximum absolute atomic E-state index is 5.66. The molecule has 0 radical (unpaired) electrons.